The van der Waals surface area contributed by atoms with Gasteiger partial charge in [-0.3, -0.25) is 4.90 Å². The summed E-state index contributed by atoms with van der Waals surface area (Å²) in [6, 6.07) is 4.94. The van der Waals surface area contributed by atoms with Crippen molar-refractivity contribution < 1.29 is 9.13 Å². The van der Waals surface area contributed by atoms with E-state index in [4.69, 9.17) is 16.3 Å². The van der Waals surface area contributed by atoms with Gasteiger partial charge in [-0.15, -0.1) is 0 Å². The fourth-order valence-corrected chi connectivity index (χ4v) is 2.29. The highest BCUT2D eigenvalue weighted by Gasteiger charge is 2.23. The summed E-state index contributed by atoms with van der Waals surface area (Å²) in [5.41, 5.74) is 0.967. The summed E-state index contributed by atoms with van der Waals surface area (Å²) >= 11 is 6.03. The van der Waals surface area contributed by atoms with Crippen LogP contribution in [0.1, 0.15) is 19.4 Å². The molecule has 0 saturated carbocycles. The first kappa shape index (κ1) is 12.8. The largest absolute Gasteiger partial charge is 0.376 e. The molecule has 1 aliphatic rings. The number of nitrogens with zero attached hydrogens (tertiary/aromatic N) is 1. The molecule has 17 heavy (non-hydrogen) atoms. The molecule has 4 heteroatoms. The number of hydrogen-bond acceptors (Lipinski definition) is 2. The Morgan fingerprint density at radius 3 is 2.94 bits per heavy atom. The lowest BCUT2D eigenvalue weighted by Crippen LogP contribution is -2.46. The molecule has 1 aromatic rings. The molecule has 0 radical (unpaired) electrons. The van der Waals surface area contributed by atoms with Gasteiger partial charge in [0.2, 0.25) is 0 Å². The molecule has 0 N–H and O–H groups in total. The quantitative estimate of drug-likeness (QED) is 0.807. The van der Waals surface area contributed by atoms with Crippen LogP contribution in [0.3, 0.4) is 0 Å². The maximum Gasteiger partial charge on any atom is 0.124 e. The summed E-state index contributed by atoms with van der Waals surface area (Å²) < 4.78 is 18.5. The van der Waals surface area contributed by atoms with E-state index in [2.05, 4.69) is 18.7 Å². The molecule has 2 rings (SSSR count). The Hall–Kier alpha value is -0.640. The lowest BCUT2D eigenvalue weighted by atomic mass is 10.1. The molecule has 1 heterocycles. The second kappa shape index (κ2) is 5.34. The van der Waals surface area contributed by atoms with Crippen LogP contribution in [0.4, 0.5) is 4.39 Å². The number of morpholine rings is 1. The monoisotopic (exact) mass is 257 g/mol. The normalized spacial score (nSPS) is 26.1. The molecular weight excluding hydrogens is 241 g/mol. The summed E-state index contributed by atoms with van der Waals surface area (Å²) in [6.45, 7) is 6.55. The lowest BCUT2D eigenvalue weighted by Gasteiger charge is -2.36. The maximum absolute atomic E-state index is 12.9. The van der Waals surface area contributed by atoms with Gasteiger partial charge in [-0.1, -0.05) is 17.7 Å². The van der Waals surface area contributed by atoms with Crippen molar-refractivity contribution in [2.45, 2.75) is 32.5 Å². The minimum Gasteiger partial charge on any atom is -0.376 e. The third-order valence-corrected chi connectivity index (χ3v) is 3.48. The van der Waals surface area contributed by atoms with Crippen molar-refractivity contribution in [1.82, 2.24) is 4.90 Å². The number of ether oxygens (including phenoxy) is 1. The van der Waals surface area contributed by atoms with E-state index in [1.165, 1.54) is 12.1 Å². The van der Waals surface area contributed by atoms with E-state index < -0.39 is 0 Å². The average molecular weight is 258 g/mol. The fourth-order valence-electron chi connectivity index (χ4n) is 2.06. The highest BCUT2D eigenvalue weighted by atomic mass is 35.5. The molecule has 1 aliphatic heterocycles. The van der Waals surface area contributed by atoms with Crippen molar-refractivity contribution in [2.24, 2.45) is 0 Å². The van der Waals surface area contributed by atoms with Gasteiger partial charge in [-0.05, 0) is 31.5 Å². The number of halogens is 2. The topological polar surface area (TPSA) is 12.5 Å². The number of rotatable bonds is 2. The van der Waals surface area contributed by atoms with E-state index in [1.54, 1.807) is 6.07 Å². The van der Waals surface area contributed by atoms with Crippen LogP contribution >= 0.6 is 11.6 Å². The first-order valence-corrected chi connectivity index (χ1v) is 6.23. The summed E-state index contributed by atoms with van der Waals surface area (Å²) in [4.78, 5) is 2.31. The van der Waals surface area contributed by atoms with E-state index in [9.17, 15) is 4.39 Å². The van der Waals surface area contributed by atoms with Crippen LogP contribution in [0.25, 0.3) is 0 Å². The molecule has 0 amide bonds. The van der Waals surface area contributed by atoms with Gasteiger partial charge in [0.15, 0.2) is 0 Å². The Bertz CT molecular complexity index is 399. The summed E-state index contributed by atoms with van der Waals surface area (Å²) in [5.74, 6) is -0.290. The zero-order chi connectivity index (χ0) is 12.4. The van der Waals surface area contributed by atoms with Crippen LogP contribution in [0, 0.1) is 5.82 Å². The van der Waals surface area contributed by atoms with Crippen LogP contribution < -0.4 is 0 Å². The van der Waals surface area contributed by atoms with Crippen molar-refractivity contribution in [1.29, 1.82) is 0 Å². The van der Waals surface area contributed by atoms with E-state index in [-0.39, 0.29) is 11.9 Å². The van der Waals surface area contributed by atoms with Crippen LogP contribution in [-0.4, -0.2) is 30.2 Å². The van der Waals surface area contributed by atoms with Crippen LogP contribution in [0.2, 0.25) is 5.02 Å². The van der Waals surface area contributed by atoms with E-state index in [0.717, 1.165) is 25.3 Å². The second-order valence-electron chi connectivity index (χ2n) is 4.66. The number of hydrogen-bond donors (Lipinski definition) is 0. The number of benzene rings is 1. The van der Waals surface area contributed by atoms with Crippen molar-refractivity contribution in [3.8, 4) is 0 Å². The van der Waals surface area contributed by atoms with Crippen molar-refractivity contribution in [3.63, 3.8) is 0 Å². The van der Waals surface area contributed by atoms with Crippen LogP contribution in [-0.2, 0) is 11.3 Å². The van der Waals surface area contributed by atoms with Crippen LogP contribution in [0.5, 0.6) is 0 Å². The van der Waals surface area contributed by atoms with Crippen LogP contribution in [0.15, 0.2) is 18.2 Å². The third-order valence-electron chi connectivity index (χ3n) is 3.13. The minimum atomic E-state index is -0.290. The van der Waals surface area contributed by atoms with E-state index >= 15 is 0 Å². The molecule has 2 nitrogen and oxygen atoms in total. The zero-order valence-electron chi connectivity index (χ0n) is 10.1. The van der Waals surface area contributed by atoms with Gasteiger partial charge in [-0.2, -0.15) is 0 Å². The van der Waals surface area contributed by atoms with Crippen molar-refractivity contribution in [2.75, 3.05) is 13.2 Å². The molecule has 0 aromatic heterocycles. The Kier molecular flexibility index (Phi) is 4.02. The van der Waals surface area contributed by atoms with Gasteiger partial charge >= 0.3 is 0 Å². The molecule has 94 valence electrons. The molecular formula is C13H17ClFNO. The fraction of sp³-hybridized carbons (Fsp3) is 0.538. The van der Waals surface area contributed by atoms with Gasteiger partial charge in [-0.25, -0.2) is 4.39 Å². The zero-order valence-corrected chi connectivity index (χ0v) is 10.9. The van der Waals surface area contributed by atoms with Gasteiger partial charge < -0.3 is 4.74 Å². The van der Waals surface area contributed by atoms with Gasteiger partial charge in [0.25, 0.3) is 0 Å². The molecule has 2 atom stereocenters. The Morgan fingerprint density at radius 2 is 2.24 bits per heavy atom. The molecule has 0 bridgehead atoms. The maximum atomic E-state index is 12.9. The Morgan fingerprint density at radius 1 is 1.47 bits per heavy atom. The summed E-state index contributed by atoms with van der Waals surface area (Å²) in [6.07, 6.45) is 0.241. The summed E-state index contributed by atoms with van der Waals surface area (Å²) in [7, 11) is 0. The Balaban J connectivity index is 2.08. The molecule has 0 spiro atoms. The highest BCUT2D eigenvalue weighted by molar-refractivity contribution is 6.31. The second-order valence-corrected chi connectivity index (χ2v) is 5.07. The molecule has 1 saturated heterocycles. The SMILES string of the molecule is C[C@H]1CN(Cc2ccc(F)cc2Cl)[C@@H](C)CO1. The summed E-state index contributed by atoms with van der Waals surface area (Å²) in [5, 5.41) is 0.497. The van der Waals surface area contributed by atoms with Gasteiger partial charge in [0, 0.05) is 24.2 Å². The first-order chi connectivity index (χ1) is 8.06. The first-order valence-electron chi connectivity index (χ1n) is 5.86. The molecule has 0 unspecified atom stereocenters. The predicted octanol–water partition coefficient (Wildman–Crippen LogP) is 3.09. The molecule has 1 aromatic carbocycles. The lowest BCUT2D eigenvalue weighted by molar-refractivity contribution is -0.0526. The smallest absolute Gasteiger partial charge is 0.124 e. The minimum absolute atomic E-state index is 0.241. The van der Waals surface area contributed by atoms with E-state index in [1.807, 2.05) is 0 Å². The highest BCUT2D eigenvalue weighted by Crippen LogP contribution is 2.21. The molecule has 1 fully saturated rings. The standard InChI is InChI=1S/C13H17ClFNO/c1-9-8-17-10(2)6-16(9)7-11-3-4-12(15)5-13(11)14/h3-5,9-10H,6-8H2,1-2H3/t9-,10-/m0/s1. The predicted molar refractivity (Wildman–Crippen MR) is 66.7 cm³/mol. The van der Waals surface area contributed by atoms with E-state index in [0.29, 0.717) is 11.1 Å². The van der Waals surface area contributed by atoms with Crippen molar-refractivity contribution >= 4 is 11.6 Å². The van der Waals surface area contributed by atoms with Crippen molar-refractivity contribution in [3.05, 3.63) is 34.6 Å². The average Bonchev–Trinajstić information content (AvgIpc) is 2.27. The van der Waals surface area contributed by atoms with Gasteiger partial charge in [0.1, 0.15) is 5.82 Å². The Labute approximate surface area is 106 Å². The third kappa shape index (κ3) is 3.18. The van der Waals surface area contributed by atoms with Gasteiger partial charge in [0.05, 0.1) is 12.7 Å². The molecule has 0 aliphatic carbocycles.